The Morgan fingerprint density at radius 2 is 1.64 bits per heavy atom. The van der Waals surface area contributed by atoms with Gasteiger partial charge in [0, 0.05) is 26.2 Å². The van der Waals surface area contributed by atoms with E-state index in [0.717, 1.165) is 0 Å². The first-order valence-corrected chi connectivity index (χ1v) is 8.94. The van der Waals surface area contributed by atoms with Crippen molar-refractivity contribution in [3.8, 4) is 5.75 Å². The van der Waals surface area contributed by atoms with Gasteiger partial charge in [-0.25, -0.2) is 8.78 Å². The zero-order valence-electron chi connectivity index (χ0n) is 15.2. The van der Waals surface area contributed by atoms with Crippen molar-refractivity contribution in [1.29, 1.82) is 0 Å². The third-order valence-electron chi connectivity index (χ3n) is 4.42. The number of ether oxygens (including phenoxy) is 1. The molecule has 1 fully saturated rings. The quantitative estimate of drug-likeness (QED) is 0.822. The molecule has 0 aromatic heterocycles. The molecule has 8 heteroatoms. The predicted octanol–water partition coefficient (Wildman–Crippen LogP) is 2.13. The van der Waals surface area contributed by atoms with Gasteiger partial charge < -0.3 is 15.0 Å². The second-order valence-electron chi connectivity index (χ2n) is 6.43. The van der Waals surface area contributed by atoms with E-state index in [0.29, 0.717) is 31.9 Å². The SMILES string of the molecule is O=C(CN1CCN(C(=O)COc2ccc(F)cc2)CC1)Nc1ccccc1F. The van der Waals surface area contributed by atoms with E-state index in [1.165, 1.54) is 36.4 Å². The molecule has 1 heterocycles. The van der Waals surface area contributed by atoms with Gasteiger partial charge in [-0.3, -0.25) is 14.5 Å². The fourth-order valence-corrected chi connectivity index (χ4v) is 2.88. The number of nitrogens with one attached hydrogen (secondary N) is 1. The van der Waals surface area contributed by atoms with Crippen molar-refractivity contribution in [2.45, 2.75) is 0 Å². The Morgan fingerprint density at radius 1 is 0.964 bits per heavy atom. The van der Waals surface area contributed by atoms with Crippen LogP contribution in [-0.4, -0.2) is 60.9 Å². The fraction of sp³-hybridized carbons (Fsp3) is 0.300. The van der Waals surface area contributed by atoms with Gasteiger partial charge in [-0.1, -0.05) is 12.1 Å². The van der Waals surface area contributed by atoms with Gasteiger partial charge in [0.1, 0.15) is 17.4 Å². The van der Waals surface area contributed by atoms with Gasteiger partial charge in [0.15, 0.2) is 6.61 Å². The minimum atomic E-state index is -0.479. The van der Waals surface area contributed by atoms with Crippen LogP contribution in [-0.2, 0) is 9.59 Å². The molecule has 2 aromatic carbocycles. The van der Waals surface area contributed by atoms with E-state index in [1.54, 1.807) is 17.0 Å². The molecule has 0 atom stereocenters. The molecule has 0 saturated carbocycles. The molecule has 1 aliphatic rings. The maximum atomic E-state index is 13.6. The normalized spacial score (nSPS) is 14.6. The molecular formula is C20H21F2N3O3. The van der Waals surface area contributed by atoms with Crippen molar-refractivity contribution in [3.63, 3.8) is 0 Å². The van der Waals surface area contributed by atoms with E-state index < -0.39 is 5.82 Å². The van der Waals surface area contributed by atoms with E-state index in [2.05, 4.69) is 5.32 Å². The number of piperazine rings is 1. The Balaban J connectivity index is 1.40. The monoisotopic (exact) mass is 389 g/mol. The smallest absolute Gasteiger partial charge is 0.260 e. The number of hydrogen-bond acceptors (Lipinski definition) is 4. The fourth-order valence-electron chi connectivity index (χ4n) is 2.88. The molecule has 0 spiro atoms. The second kappa shape index (κ2) is 9.27. The zero-order chi connectivity index (χ0) is 19.9. The molecule has 1 aliphatic heterocycles. The van der Waals surface area contributed by atoms with Crippen LogP contribution < -0.4 is 10.1 Å². The molecular weight excluding hydrogens is 368 g/mol. The number of carbonyl (C=O) groups excluding carboxylic acids is 2. The molecule has 0 unspecified atom stereocenters. The number of para-hydroxylation sites is 1. The lowest BCUT2D eigenvalue weighted by molar-refractivity contribution is -0.135. The van der Waals surface area contributed by atoms with Crippen molar-refractivity contribution >= 4 is 17.5 Å². The Bertz CT molecular complexity index is 822. The highest BCUT2D eigenvalue weighted by Gasteiger charge is 2.23. The van der Waals surface area contributed by atoms with Crippen LogP contribution >= 0.6 is 0 Å². The molecule has 28 heavy (non-hydrogen) atoms. The van der Waals surface area contributed by atoms with Crippen LogP contribution in [0.2, 0.25) is 0 Å². The summed E-state index contributed by atoms with van der Waals surface area (Å²) in [4.78, 5) is 27.9. The van der Waals surface area contributed by atoms with Crippen LogP contribution in [0, 0.1) is 11.6 Å². The molecule has 1 N–H and O–H groups in total. The highest BCUT2D eigenvalue weighted by Crippen LogP contribution is 2.13. The standard InChI is InChI=1S/C20H21F2N3O3/c21-15-5-7-16(8-6-15)28-14-20(27)25-11-9-24(10-12-25)13-19(26)23-18-4-2-1-3-17(18)22/h1-8H,9-14H2,(H,23,26). The molecule has 3 rings (SSSR count). The number of halogens is 2. The maximum absolute atomic E-state index is 13.6. The zero-order valence-corrected chi connectivity index (χ0v) is 15.2. The second-order valence-corrected chi connectivity index (χ2v) is 6.43. The number of benzene rings is 2. The molecule has 148 valence electrons. The van der Waals surface area contributed by atoms with Gasteiger partial charge in [-0.2, -0.15) is 0 Å². The first kappa shape index (κ1) is 19.8. The van der Waals surface area contributed by atoms with E-state index in [9.17, 15) is 18.4 Å². The van der Waals surface area contributed by atoms with Gasteiger partial charge in [0.25, 0.3) is 5.91 Å². The minimum absolute atomic E-state index is 0.126. The van der Waals surface area contributed by atoms with Gasteiger partial charge in [-0.05, 0) is 36.4 Å². The molecule has 2 aromatic rings. The Labute approximate surface area is 161 Å². The average Bonchev–Trinajstić information content (AvgIpc) is 2.69. The van der Waals surface area contributed by atoms with Gasteiger partial charge in [0.2, 0.25) is 5.91 Å². The summed E-state index contributed by atoms with van der Waals surface area (Å²) in [5, 5.41) is 2.55. The number of anilines is 1. The van der Waals surface area contributed by atoms with Crippen molar-refractivity contribution in [3.05, 3.63) is 60.2 Å². The van der Waals surface area contributed by atoms with Crippen LogP contribution in [0.25, 0.3) is 0 Å². The lowest BCUT2D eigenvalue weighted by Crippen LogP contribution is -2.51. The highest BCUT2D eigenvalue weighted by atomic mass is 19.1. The first-order valence-electron chi connectivity index (χ1n) is 8.94. The van der Waals surface area contributed by atoms with Crippen LogP contribution in [0.3, 0.4) is 0 Å². The molecule has 6 nitrogen and oxygen atoms in total. The number of carbonyl (C=O) groups is 2. The first-order chi connectivity index (χ1) is 13.5. The van der Waals surface area contributed by atoms with E-state index in [-0.39, 0.29) is 36.5 Å². The third-order valence-corrected chi connectivity index (χ3v) is 4.42. The number of rotatable bonds is 6. The Hall–Kier alpha value is -3.00. The summed E-state index contributed by atoms with van der Waals surface area (Å²) >= 11 is 0. The van der Waals surface area contributed by atoms with Crippen LogP contribution in [0.15, 0.2) is 48.5 Å². The minimum Gasteiger partial charge on any atom is -0.484 e. The summed E-state index contributed by atoms with van der Waals surface area (Å²) in [7, 11) is 0. The summed E-state index contributed by atoms with van der Waals surface area (Å²) in [5.41, 5.74) is 0.152. The average molecular weight is 389 g/mol. The molecule has 0 radical (unpaired) electrons. The Morgan fingerprint density at radius 3 is 2.32 bits per heavy atom. The Kier molecular flexibility index (Phi) is 6.54. The van der Waals surface area contributed by atoms with E-state index in [1.807, 2.05) is 4.90 Å². The van der Waals surface area contributed by atoms with Gasteiger partial charge >= 0.3 is 0 Å². The molecule has 2 amide bonds. The highest BCUT2D eigenvalue weighted by molar-refractivity contribution is 5.92. The van der Waals surface area contributed by atoms with E-state index in [4.69, 9.17) is 4.74 Å². The summed E-state index contributed by atoms with van der Waals surface area (Å²) in [5.74, 6) is -0.885. The maximum Gasteiger partial charge on any atom is 0.260 e. The van der Waals surface area contributed by atoms with Gasteiger partial charge in [0.05, 0.1) is 12.2 Å². The van der Waals surface area contributed by atoms with Crippen molar-refractivity contribution < 1.29 is 23.1 Å². The summed E-state index contributed by atoms with van der Waals surface area (Å²) < 4.78 is 31.8. The third kappa shape index (κ3) is 5.50. The number of amides is 2. The van der Waals surface area contributed by atoms with Crippen LogP contribution in [0.5, 0.6) is 5.75 Å². The summed E-state index contributed by atoms with van der Waals surface area (Å²) in [6.45, 7) is 2.01. The summed E-state index contributed by atoms with van der Waals surface area (Å²) in [6, 6.07) is 11.5. The lowest BCUT2D eigenvalue weighted by Gasteiger charge is -2.34. The van der Waals surface area contributed by atoms with E-state index >= 15 is 0 Å². The largest absolute Gasteiger partial charge is 0.484 e. The number of hydrogen-bond donors (Lipinski definition) is 1. The van der Waals surface area contributed by atoms with Crippen LogP contribution in [0.4, 0.5) is 14.5 Å². The van der Waals surface area contributed by atoms with Crippen molar-refractivity contribution in [2.75, 3.05) is 44.6 Å². The topological polar surface area (TPSA) is 61.9 Å². The molecule has 0 aliphatic carbocycles. The van der Waals surface area contributed by atoms with Crippen molar-refractivity contribution in [1.82, 2.24) is 9.80 Å². The van der Waals surface area contributed by atoms with Crippen LogP contribution in [0.1, 0.15) is 0 Å². The molecule has 0 bridgehead atoms. The van der Waals surface area contributed by atoms with Gasteiger partial charge in [-0.15, -0.1) is 0 Å². The molecule has 1 saturated heterocycles. The predicted molar refractivity (Wildman–Crippen MR) is 99.9 cm³/mol. The lowest BCUT2D eigenvalue weighted by atomic mass is 10.3. The number of nitrogens with zero attached hydrogens (tertiary/aromatic N) is 2. The van der Waals surface area contributed by atoms with Crippen molar-refractivity contribution in [2.24, 2.45) is 0 Å². The summed E-state index contributed by atoms with van der Waals surface area (Å²) in [6.07, 6.45) is 0.